The van der Waals surface area contributed by atoms with Crippen LogP contribution in [0.5, 0.6) is 0 Å². The van der Waals surface area contributed by atoms with Crippen LogP contribution >= 0.6 is 0 Å². The minimum Gasteiger partial charge on any atom is -0.305 e. The highest BCUT2D eigenvalue weighted by molar-refractivity contribution is 6.03. The van der Waals surface area contributed by atoms with E-state index >= 15 is 0 Å². The normalized spacial score (nSPS) is 11.3. The molecule has 1 N–H and O–H groups in total. The Labute approximate surface area is 120 Å². The Bertz CT molecular complexity index is 1010. The van der Waals surface area contributed by atoms with Gasteiger partial charge in [0.2, 0.25) is 0 Å². The van der Waals surface area contributed by atoms with Crippen molar-refractivity contribution in [3.63, 3.8) is 0 Å². The lowest BCUT2D eigenvalue weighted by Crippen LogP contribution is -2.11. The predicted molar refractivity (Wildman–Crippen MR) is 84.3 cm³/mol. The maximum atomic E-state index is 11.8. The van der Waals surface area contributed by atoms with E-state index in [0.717, 1.165) is 33.1 Å². The summed E-state index contributed by atoms with van der Waals surface area (Å²) in [5.41, 5.74) is 4.67. The minimum atomic E-state index is -0.121. The van der Waals surface area contributed by atoms with Crippen LogP contribution in [0.15, 0.2) is 59.5 Å². The van der Waals surface area contributed by atoms with Crippen LogP contribution in [0.1, 0.15) is 0 Å². The molecule has 0 unspecified atom stereocenters. The molecule has 2 aromatic heterocycles. The van der Waals surface area contributed by atoms with Gasteiger partial charge in [-0.25, -0.2) is 4.79 Å². The molecule has 0 atom stereocenters. The summed E-state index contributed by atoms with van der Waals surface area (Å²) in [5, 5.41) is 0.964. The lowest BCUT2D eigenvalue weighted by Gasteiger charge is -2.04. The average molecular weight is 275 g/mol. The molecule has 4 heteroatoms. The molecular weight excluding hydrogens is 262 g/mol. The lowest BCUT2D eigenvalue weighted by molar-refractivity contribution is 0.890. The molecule has 4 nitrogen and oxygen atoms in total. The van der Waals surface area contributed by atoms with Crippen molar-refractivity contribution in [3.05, 3.63) is 65.2 Å². The zero-order valence-corrected chi connectivity index (χ0v) is 11.5. The van der Waals surface area contributed by atoms with Crippen molar-refractivity contribution in [3.8, 4) is 11.1 Å². The Morgan fingerprint density at radius 2 is 1.86 bits per heavy atom. The Morgan fingerprint density at radius 3 is 2.67 bits per heavy atom. The molecule has 0 bridgehead atoms. The molecular formula is C17H13N3O. The van der Waals surface area contributed by atoms with Gasteiger partial charge in [0.05, 0.1) is 22.7 Å². The smallest absolute Gasteiger partial charge is 0.305 e. The number of aromatic amines is 1. The topological polar surface area (TPSA) is 50.7 Å². The van der Waals surface area contributed by atoms with Gasteiger partial charge in [-0.2, -0.15) is 0 Å². The number of imidazole rings is 1. The van der Waals surface area contributed by atoms with Gasteiger partial charge in [0.25, 0.3) is 0 Å². The van der Waals surface area contributed by atoms with Crippen molar-refractivity contribution in [2.75, 3.05) is 0 Å². The number of rotatable bonds is 1. The number of nitrogens with one attached hydrogen (secondary N) is 1. The third kappa shape index (κ3) is 1.76. The largest absolute Gasteiger partial charge is 0.326 e. The number of H-pyrrole nitrogens is 1. The first kappa shape index (κ1) is 11.9. The van der Waals surface area contributed by atoms with Crippen LogP contribution in [0.3, 0.4) is 0 Å². The summed E-state index contributed by atoms with van der Waals surface area (Å²) in [7, 11) is 1.75. The summed E-state index contributed by atoms with van der Waals surface area (Å²) < 4.78 is 1.58. The van der Waals surface area contributed by atoms with Crippen molar-refractivity contribution in [1.29, 1.82) is 0 Å². The molecule has 4 aromatic rings. The fourth-order valence-corrected chi connectivity index (χ4v) is 2.68. The molecule has 0 aliphatic heterocycles. The third-order valence-corrected chi connectivity index (χ3v) is 3.85. The highest BCUT2D eigenvalue weighted by Crippen LogP contribution is 2.27. The van der Waals surface area contributed by atoms with E-state index in [4.69, 9.17) is 0 Å². The van der Waals surface area contributed by atoms with Gasteiger partial charge in [-0.15, -0.1) is 0 Å². The van der Waals surface area contributed by atoms with Gasteiger partial charge in [0.1, 0.15) is 0 Å². The summed E-state index contributed by atoms with van der Waals surface area (Å²) in [6, 6.07) is 16.3. The molecule has 0 saturated carbocycles. The third-order valence-electron chi connectivity index (χ3n) is 3.85. The second-order valence-corrected chi connectivity index (χ2v) is 5.11. The van der Waals surface area contributed by atoms with Crippen molar-refractivity contribution in [2.45, 2.75) is 0 Å². The number of hydrogen-bond acceptors (Lipinski definition) is 2. The molecule has 0 spiro atoms. The highest BCUT2D eigenvalue weighted by Gasteiger charge is 2.09. The van der Waals surface area contributed by atoms with Gasteiger partial charge < -0.3 is 4.98 Å². The van der Waals surface area contributed by atoms with E-state index in [0.29, 0.717) is 0 Å². The van der Waals surface area contributed by atoms with Gasteiger partial charge >= 0.3 is 5.69 Å². The van der Waals surface area contributed by atoms with Gasteiger partial charge in [-0.3, -0.25) is 9.55 Å². The average Bonchev–Trinajstić information content (AvgIpc) is 2.83. The highest BCUT2D eigenvalue weighted by atomic mass is 16.1. The Hall–Kier alpha value is -2.88. The van der Waals surface area contributed by atoms with E-state index in [1.54, 1.807) is 17.8 Å². The Balaban J connectivity index is 2.08. The van der Waals surface area contributed by atoms with E-state index in [9.17, 15) is 4.79 Å². The number of pyridine rings is 1. The van der Waals surface area contributed by atoms with E-state index < -0.39 is 0 Å². The van der Waals surface area contributed by atoms with Crippen LogP contribution in [0.4, 0.5) is 0 Å². The Kier molecular flexibility index (Phi) is 2.44. The molecule has 0 saturated heterocycles. The van der Waals surface area contributed by atoms with Crippen molar-refractivity contribution in [2.24, 2.45) is 7.05 Å². The van der Waals surface area contributed by atoms with Gasteiger partial charge in [-0.05, 0) is 23.3 Å². The molecule has 0 aliphatic carbocycles. The number of fused-ring (bicyclic) bond motifs is 3. The summed E-state index contributed by atoms with van der Waals surface area (Å²) in [5.74, 6) is 0. The van der Waals surface area contributed by atoms with Crippen LogP contribution in [0.25, 0.3) is 33.1 Å². The van der Waals surface area contributed by atoms with Crippen molar-refractivity contribution in [1.82, 2.24) is 14.5 Å². The van der Waals surface area contributed by atoms with Crippen molar-refractivity contribution < 1.29 is 0 Å². The maximum absolute atomic E-state index is 11.8. The molecule has 0 amide bonds. The number of benzene rings is 2. The summed E-state index contributed by atoms with van der Waals surface area (Å²) in [4.78, 5) is 19.2. The predicted octanol–water partition coefficient (Wildman–Crippen LogP) is 3.08. The first-order valence-electron chi connectivity index (χ1n) is 6.77. The molecule has 2 aromatic carbocycles. The van der Waals surface area contributed by atoms with Crippen LogP contribution in [0.2, 0.25) is 0 Å². The second-order valence-electron chi connectivity index (χ2n) is 5.11. The Morgan fingerprint density at radius 1 is 1.05 bits per heavy atom. The van der Waals surface area contributed by atoms with Crippen LogP contribution in [-0.4, -0.2) is 14.5 Å². The van der Waals surface area contributed by atoms with E-state index in [1.165, 1.54) is 0 Å². The number of hydrogen-bond donors (Lipinski definition) is 1. The lowest BCUT2D eigenvalue weighted by atomic mass is 10.0. The molecule has 2 heterocycles. The van der Waals surface area contributed by atoms with Gasteiger partial charge in [0.15, 0.2) is 0 Å². The number of nitrogens with zero attached hydrogens (tertiary/aromatic N) is 2. The summed E-state index contributed by atoms with van der Waals surface area (Å²) in [6.07, 6.45) is 1.73. The van der Waals surface area contributed by atoms with Crippen LogP contribution < -0.4 is 5.69 Å². The second kappa shape index (κ2) is 4.31. The standard InChI is InChI=1S/C17H13N3O/c1-20-15-10-18-14-8-7-12(11-5-3-2-4-6-11)9-13(14)16(15)19-17(20)21/h2-10H,1H3,(H,19,21). The zero-order chi connectivity index (χ0) is 14.4. The molecule has 0 radical (unpaired) electrons. The van der Waals surface area contributed by atoms with Crippen molar-refractivity contribution >= 4 is 21.9 Å². The molecule has 102 valence electrons. The maximum Gasteiger partial charge on any atom is 0.326 e. The fraction of sp³-hybridized carbons (Fsp3) is 0.0588. The monoisotopic (exact) mass is 275 g/mol. The first-order chi connectivity index (χ1) is 10.2. The summed E-state index contributed by atoms with van der Waals surface area (Å²) >= 11 is 0. The molecule has 0 aliphatic rings. The van der Waals surface area contributed by atoms with Crippen LogP contribution in [0, 0.1) is 0 Å². The van der Waals surface area contributed by atoms with Gasteiger partial charge in [-0.1, -0.05) is 36.4 Å². The number of aryl methyl sites for hydroxylation is 1. The van der Waals surface area contributed by atoms with Crippen LogP contribution in [-0.2, 0) is 7.05 Å². The fourth-order valence-electron chi connectivity index (χ4n) is 2.68. The summed E-state index contributed by atoms with van der Waals surface area (Å²) in [6.45, 7) is 0. The first-order valence-corrected chi connectivity index (χ1v) is 6.77. The SMILES string of the molecule is Cn1c(=O)[nH]c2c3cc(-c4ccccc4)ccc3ncc21. The van der Waals surface area contributed by atoms with E-state index in [2.05, 4.69) is 34.2 Å². The minimum absolute atomic E-state index is 0.121. The van der Waals surface area contributed by atoms with E-state index in [1.807, 2.05) is 24.3 Å². The van der Waals surface area contributed by atoms with E-state index in [-0.39, 0.29) is 5.69 Å². The number of aromatic nitrogens is 3. The zero-order valence-electron chi connectivity index (χ0n) is 11.5. The molecule has 21 heavy (non-hydrogen) atoms. The molecule has 4 rings (SSSR count). The molecule has 0 fully saturated rings. The van der Waals surface area contributed by atoms with Gasteiger partial charge in [0, 0.05) is 12.4 Å². The quantitative estimate of drug-likeness (QED) is 0.580.